The van der Waals surface area contributed by atoms with Crippen molar-refractivity contribution in [1.82, 2.24) is 14.3 Å². The molecule has 0 aliphatic heterocycles. The van der Waals surface area contributed by atoms with Crippen molar-refractivity contribution >= 4 is 17.6 Å². The van der Waals surface area contributed by atoms with Crippen LogP contribution in [0, 0.1) is 0 Å². The minimum Gasteiger partial charge on any atom is -0.252 e. The van der Waals surface area contributed by atoms with Crippen LogP contribution in [0.4, 0.5) is 13.2 Å². The maximum atomic E-state index is 12.4. The molecule has 0 aliphatic carbocycles. The van der Waals surface area contributed by atoms with Crippen LogP contribution >= 0.6 is 11.5 Å². The van der Waals surface area contributed by atoms with Gasteiger partial charge in [0, 0.05) is 11.8 Å². The van der Waals surface area contributed by atoms with Crippen LogP contribution in [0.15, 0.2) is 24.9 Å². The van der Waals surface area contributed by atoms with Gasteiger partial charge in [-0.3, -0.25) is 4.98 Å². The van der Waals surface area contributed by atoms with Crippen LogP contribution in [0.25, 0.3) is 17.5 Å². The molecule has 0 saturated heterocycles. The second-order valence-electron chi connectivity index (χ2n) is 3.09. The second kappa shape index (κ2) is 4.25. The molecule has 0 unspecified atom stereocenters. The van der Waals surface area contributed by atoms with E-state index in [2.05, 4.69) is 20.9 Å². The summed E-state index contributed by atoms with van der Waals surface area (Å²) in [5.41, 5.74) is -0.665. The standard InChI is InChI=1S/C10H6F3N3S/c1-2-8-15-9(16-17-8)6-3-4-14-7(5-6)10(11,12)13/h2-5H,1H2. The Balaban J connectivity index is 2.42. The summed E-state index contributed by atoms with van der Waals surface area (Å²) in [5, 5.41) is 0.561. The average molecular weight is 257 g/mol. The largest absolute Gasteiger partial charge is 0.433 e. The molecule has 0 amide bonds. The number of aromatic nitrogens is 3. The fourth-order valence-corrected chi connectivity index (χ4v) is 1.69. The van der Waals surface area contributed by atoms with Gasteiger partial charge in [-0.05, 0) is 29.7 Å². The molecule has 2 aromatic heterocycles. The highest BCUT2D eigenvalue weighted by Crippen LogP contribution is 2.29. The van der Waals surface area contributed by atoms with Crippen molar-refractivity contribution in [2.45, 2.75) is 6.18 Å². The van der Waals surface area contributed by atoms with Gasteiger partial charge < -0.3 is 0 Å². The number of hydrogen-bond donors (Lipinski definition) is 0. The molecule has 0 atom stereocenters. The summed E-state index contributed by atoms with van der Waals surface area (Å²) in [7, 11) is 0. The predicted octanol–water partition coefficient (Wildman–Crippen LogP) is 3.26. The zero-order valence-corrected chi connectivity index (χ0v) is 9.22. The number of nitrogens with zero attached hydrogens (tertiary/aromatic N) is 3. The molecule has 2 heterocycles. The predicted molar refractivity (Wildman–Crippen MR) is 58.2 cm³/mol. The third-order valence-electron chi connectivity index (χ3n) is 1.92. The number of alkyl halides is 3. The van der Waals surface area contributed by atoms with E-state index in [1.807, 2.05) is 0 Å². The Hall–Kier alpha value is -1.76. The van der Waals surface area contributed by atoms with Crippen LogP contribution in [0.5, 0.6) is 0 Å². The third-order valence-corrected chi connectivity index (χ3v) is 2.63. The second-order valence-corrected chi connectivity index (χ2v) is 3.87. The molecule has 0 N–H and O–H groups in total. The monoisotopic (exact) mass is 257 g/mol. The smallest absolute Gasteiger partial charge is 0.252 e. The van der Waals surface area contributed by atoms with Gasteiger partial charge >= 0.3 is 6.18 Å². The van der Waals surface area contributed by atoms with Crippen LogP contribution in [0.3, 0.4) is 0 Å². The van der Waals surface area contributed by atoms with Crippen molar-refractivity contribution in [3.8, 4) is 11.4 Å². The van der Waals surface area contributed by atoms with Crippen molar-refractivity contribution in [2.24, 2.45) is 0 Å². The molecule has 7 heteroatoms. The Morgan fingerprint density at radius 3 is 2.71 bits per heavy atom. The summed E-state index contributed by atoms with van der Waals surface area (Å²) < 4.78 is 41.3. The maximum absolute atomic E-state index is 12.4. The van der Waals surface area contributed by atoms with Crippen LogP contribution in [-0.2, 0) is 6.18 Å². The molecule has 3 nitrogen and oxygen atoms in total. The van der Waals surface area contributed by atoms with Crippen molar-refractivity contribution in [3.63, 3.8) is 0 Å². The summed E-state index contributed by atoms with van der Waals surface area (Å²) in [5.74, 6) is 0.248. The SMILES string of the molecule is C=Cc1nc(-c2ccnc(C(F)(F)F)c2)ns1. The van der Waals surface area contributed by atoms with E-state index in [0.717, 1.165) is 23.8 Å². The van der Waals surface area contributed by atoms with Crippen molar-refractivity contribution < 1.29 is 13.2 Å². The molecule has 0 aromatic carbocycles. The Morgan fingerprint density at radius 2 is 2.12 bits per heavy atom. The minimum absolute atomic E-state index is 0.248. The fraction of sp³-hybridized carbons (Fsp3) is 0.100. The first-order valence-corrected chi connectivity index (χ1v) is 5.28. The van der Waals surface area contributed by atoms with Gasteiger partial charge in [0.1, 0.15) is 10.7 Å². The zero-order valence-electron chi connectivity index (χ0n) is 8.40. The molecule has 2 rings (SSSR count). The van der Waals surface area contributed by atoms with E-state index in [1.54, 1.807) is 0 Å². The molecular weight excluding hydrogens is 251 g/mol. The maximum Gasteiger partial charge on any atom is 0.433 e. The lowest BCUT2D eigenvalue weighted by Crippen LogP contribution is -2.07. The van der Waals surface area contributed by atoms with E-state index in [-0.39, 0.29) is 11.4 Å². The molecule has 0 radical (unpaired) electrons. The van der Waals surface area contributed by atoms with Crippen molar-refractivity contribution in [3.05, 3.63) is 35.6 Å². The molecule has 17 heavy (non-hydrogen) atoms. The summed E-state index contributed by atoms with van der Waals surface area (Å²) >= 11 is 1.08. The average Bonchev–Trinajstić information content (AvgIpc) is 2.76. The van der Waals surface area contributed by atoms with Crippen LogP contribution in [0.2, 0.25) is 0 Å². The molecule has 88 valence electrons. The van der Waals surface area contributed by atoms with Gasteiger partial charge in [0.15, 0.2) is 5.82 Å². The first-order chi connectivity index (χ1) is 8.00. The lowest BCUT2D eigenvalue weighted by molar-refractivity contribution is -0.141. The normalized spacial score (nSPS) is 11.5. The number of halogens is 3. The Morgan fingerprint density at radius 1 is 1.35 bits per heavy atom. The summed E-state index contributed by atoms with van der Waals surface area (Å²) in [6.45, 7) is 3.51. The van der Waals surface area contributed by atoms with E-state index in [0.29, 0.717) is 5.01 Å². The van der Waals surface area contributed by atoms with Crippen molar-refractivity contribution in [1.29, 1.82) is 0 Å². The lowest BCUT2D eigenvalue weighted by Gasteiger charge is -2.05. The molecule has 0 aliphatic rings. The van der Waals surface area contributed by atoms with Gasteiger partial charge in [-0.1, -0.05) is 6.58 Å². The summed E-state index contributed by atoms with van der Waals surface area (Å²) in [6.07, 6.45) is -1.88. The zero-order chi connectivity index (χ0) is 12.5. The van der Waals surface area contributed by atoms with E-state index < -0.39 is 11.9 Å². The van der Waals surface area contributed by atoms with Gasteiger partial charge in [-0.2, -0.15) is 17.5 Å². The van der Waals surface area contributed by atoms with Gasteiger partial charge in [-0.25, -0.2) is 4.98 Å². The molecule has 0 saturated carbocycles. The van der Waals surface area contributed by atoms with E-state index >= 15 is 0 Å². The topological polar surface area (TPSA) is 38.7 Å². The van der Waals surface area contributed by atoms with Gasteiger partial charge in [0.25, 0.3) is 0 Å². The van der Waals surface area contributed by atoms with E-state index in [4.69, 9.17) is 0 Å². The highest BCUT2D eigenvalue weighted by atomic mass is 32.1. The van der Waals surface area contributed by atoms with E-state index in [1.165, 1.54) is 12.1 Å². The summed E-state index contributed by atoms with van der Waals surface area (Å²) in [4.78, 5) is 7.28. The fourth-order valence-electron chi connectivity index (χ4n) is 1.16. The van der Waals surface area contributed by atoms with Gasteiger partial charge in [0.05, 0.1) is 0 Å². The highest BCUT2D eigenvalue weighted by molar-refractivity contribution is 7.06. The minimum atomic E-state index is -4.46. The van der Waals surface area contributed by atoms with Crippen LogP contribution < -0.4 is 0 Å². The Bertz CT molecular complexity index is 548. The molecule has 0 bridgehead atoms. The molecule has 0 spiro atoms. The Kier molecular flexibility index (Phi) is 2.93. The third kappa shape index (κ3) is 2.50. The Labute approximate surface area is 98.8 Å². The summed E-state index contributed by atoms with van der Waals surface area (Å²) in [6, 6.07) is 2.36. The molecular formula is C10H6F3N3S. The van der Waals surface area contributed by atoms with Gasteiger partial charge in [0.2, 0.25) is 0 Å². The number of hydrogen-bond acceptors (Lipinski definition) is 4. The lowest BCUT2D eigenvalue weighted by atomic mass is 10.2. The molecule has 0 fully saturated rings. The number of rotatable bonds is 2. The van der Waals surface area contributed by atoms with Crippen LogP contribution in [-0.4, -0.2) is 14.3 Å². The molecule has 2 aromatic rings. The first-order valence-electron chi connectivity index (χ1n) is 4.50. The van der Waals surface area contributed by atoms with Gasteiger partial charge in [-0.15, -0.1) is 0 Å². The van der Waals surface area contributed by atoms with Crippen molar-refractivity contribution in [2.75, 3.05) is 0 Å². The first kappa shape index (κ1) is 11.7. The van der Waals surface area contributed by atoms with Crippen LogP contribution in [0.1, 0.15) is 10.7 Å². The number of pyridine rings is 1. The highest BCUT2D eigenvalue weighted by Gasteiger charge is 2.32. The quantitative estimate of drug-likeness (QED) is 0.828. The van der Waals surface area contributed by atoms with E-state index in [9.17, 15) is 13.2 Å².